The highest BCUT2D eigenvalue weighted by molar-refractivity contribution is 5.00. The molecule has 0 aromatic rings. The van der Waals surface area contributed by atoms with Crippen LogP contribution in [0.2, 0.25) is 0 Å². The Bertz CT molecular complexity index is 124. The van der Waals surface area contributed by atoms with Gasteiger partial charge in [0.05, 0.1) is 12.5 Å². The number of hydrogen-bond acceptors (Lipinski definition) is 1. The summed E-state index contributed by atoms with van der Waals surface area (Å²) in [7, 11) is 0. The van der Waals surface area contributed by atoms with Crippen molar-refractivity contribution in [1.29, 1.82) is 0 Å². The number of allylic oxidation sites excluding steroid dienone is 2. The van der Waals surface area contributed by atoms with Crippen LogP contribution in [0.1, 0.15) is 26.2 Å². The minimum absolute atomic E-state index is 0.619. The molecule has 0 bridgehead atoms. The van der Waals surface area contributed by atoms with Gasteiger partial charge in [-0.2, -0.15) is 0 Å². The Morgan fingerprint density at radius 1 is 1.30 bits per heavy atom. The summed E-state index contributed by atoms with van der Waals surface area (Å²) in [5.74, 6) is 0.619. The van der Waals surface area contributed by atoms with Crippen molar-refractivity contribution in [3.8, 4) is 0 Å². The quantitative estimate of drug-likeness (QED) is 0.582. The minimum atomic E-state index is 0.619. The third-order valence-electron chi connectivity index (χ3n) is 1.70. The topological polar surface area (TPSA) is 9.23 Å². The molecule has 1 rings (SSSR count). The van der Waals surface area contributed by atoms with Gasteiger partial charge in [-0.1, -0.05) is 19.8 Å². The van der Waals surface area contributed by atoms with Gasteiger partial charge in [0.15, 0.2) is 0 Å². The van der Waals surface area contributed by atoms with Crippen molar-refractivity contribution in [1.82, 2.24) is 0 Å². The van der Waals surface area contributed by atoms with E-state index in [1.54, 1.807) is 12.5 Å². The van der Waals surface area contributed by atoms with E-state index in [2.05, 4.69) is 19.1 Å². The maximum atomic E-state index is 4.92. The molecule has 10 heavy (non-hydrogen) atoms. The first kappa shape index (κ1) is 7.39. The Balaban J connectivity index is 2.20. The third kappa shape index (κ3) is 2.26. The summed E-state index contributed by atoms with van der Waals surface area (Å²) in [4.78, 5) is 0. The van der Waals surface area contributed by atoms with Gasteiger partial charge in [0, 0.05) is 5.92 Å². The fourth-order valence-corrected chi connectivity index (χ4v) is 1.03. The average molecular weight is 138 g/mol. The van der Waals surface area contributed by atoms with Crippen molar-refractivity contribution in [2.45, 2.75) is 26.2 Å². The molecule has 0 aliphatic carbocycles. The van der Waals surface area contributed by atoms with Gasteiger partial charge in [-0.05, 0) is 18.6 Å². The van der Waals surface area contributed by atoms with Crippen LogP contribution in [-0.2, 0) is 4.74 Å². The van der Waals surface area contributed by atoms with E-state index in [0.29, 0.717) is 5.92 Å². The predicted octanol–water partition coefficient (Wildman–Crippen LogP) is 2.85. The van der Waals surface area contributed by atoms with Crippen molar-refractivity contribution >= 4 is 0 Å². The number of hydrogen-bond donors (Lipinski definition) is 0. The first-order chi connectivity index (χ1) is 4.93. The van der Waals surface area contributed by atoms with Crippen molar-refractivity contribution in [2.75, 3.05) is 0 Å². The van der Waals surface area contributed by atoms with Crippen LogP contribution >= 0.6 is 0 Å². The van der Waals surface area contributed by atoms with Crippen molar-refractivity contribution < 1.29 is 4.74 Å². The van der Waals surface area contributed by atoms with Gasteiger partial charge in [0.2, 0.25) is 0 Å². The highest BCUT2D eigenvalue weighted by Gasteiger charge is 2.01. The van der Waals surface area contributed by atoms with E-state index in [-0.39, 0.29) is 0 Å². The predicted molar refractivity (Wildman–Crippen MR) is 42.4 cm³/mol. The summed E-state index contributed by atoms with van der Waals surface area (Å²) in [5, 5.41) is 0. The van der Waals surface area contributed by atoms with E-state index in [1.807, 2.05) is 0 Å². The van der Waals surface area contributed by atoms with Crippen LogP contribution in [0.3, 0.4) is 0 Å². The summed E-state index contributed by atoms with van der Waals surface area (Å²) < 4.78 is 4.92. The summed E-state index contributed by atoms with van der Waals surface area (Å²) in [6.45, 7) is 2.22. The molecule has 1 nitrogen and oxygen atoms in total. The van der Waals surface area contributed by atoms with Gasteiger partial charge in [0.1, 0.15) is 0 Å². The monoisotopic (exact) mass is 138 g/mol. The number of unbranched alkanes of at least 4 members (excludes halogenated alkanes) is 1. The van der Waals surface area contributed by atoms with Crippen molar-refractivity contribution in [3.05, 3.63) is 24.7 Å². The van der Waals surface area contributed by atoms with E-state index in [4.69, 9.17) is 4.74 Å². The highest BCUT2D eigenvalue weighted by Crippen LogP contribution is 2.14. The molecule has 0 atom stereocenters. The Morgan fingerprint density at radius 2 is 2.00 bits per heavy atom. The van der Waals surface area contributed by atoms with Crippen LogP contribution < -0.4 is 0 Å². The summed E-state index contributed by atoms with van der Waals surface area (Å²) in [6, 6.07) is 0. The van der Waals surface area contributed by atoms with Crippen LogP contribution in [-0.4, -0.2) is 0 Å². The minimum Gasteiger partial charge on any atom is -0.473 e. The van der Waals surface area contributed by atoms with Gasteiger partial charge in [-0.3, -0.25) is 0 Å². The van der Waals surface area contributed by atoms with Crippen LogP contribution in [0, 0.1) is 5.92 Å². The van der Waals surface area contributed by atoms with Gasteiger partial charge in [-0.15, -0.1) is 0 Å². The molecule has 0 aromatic carbocycles. The molecule has 0 saturated carbocycles. The second kappa shape index (κ2) is 4.15. The molecule has 1 aliphatic heterocycles. The third-order valence-corrected chi connectivity index (χ3v) is 1.70. The van der Waals surface area contributed by atoms with E-state index < -0.39 is 0 Å². The molecule has 1 heterocycles. The van der Waals surface area contributed by atoms with Crippen LogP contribution in [0.25, 0.3) is 0 Å². The van der Waals surface area contributed by atoms with Crippen molar-refractivity contribution in [3.63, 3.8) is 0 Å². The van der Waals surface area contributed by atoms with Crippen LogP contribution in [0.15, 0.2) is 24.7 Å². The largest absolute Gasteiger partial charge is 0.473 e. The lowest BCUT2D eigenvalue weighted by molar-refractivity contribution is 0.380. The lowest BCUT2D eigenvalue weighted by Crippen LogP contribution is -1.94. The normalized spacial score (nSPS) is 17.3. The zero-order chi connectivity index (χ0) is 7.23. The maximum Gasteiger partial charge on any atom is 0.0867 e. The fourth-order valence-electron chi connectivity index (χ4n) is 1.03. The molecule has 56 valence electrons. The molecule has 0 amide bonds. The summed E-state index contributed by atoms with van der Waals surface area (Å²) >= 11 is 0. The van der Waals surface area contributed by atoms with E-state index >= 15 is 0 Å². The summed E-state index contributed by atoms with van der Waals surface area (Å²) in [6.07, 6.45) is 11.6. The van der Waals surface area contributed by atoms with E-state index in [1.165, 1.54) is 19.3 Å². The lowest BCUT2D eigenvalue weighted by Gasteiger charge is -2.08. The standard InChI is InChI=1S/C9H14O/c1-2-3-4-9-5-7-10-8-6-9/h5-9H,2-4H2,1H3. The van der Waals surface area contributed by atoms with Gasteiger partial charge < -0.3 is 4.74 Å². The Kier molecular flexibility index (Phi) is 3.07. The first-order valence-corrected chi connectivity index (χ1v) is 3.92. The lowest BCUT2D eigenvalue weighted by atomic mass is 10.0. The molecule has 0 N–H and O–H groups in total. The second-order valence-corrected chi connectivity index (χ2v) is 2.60. The molecular formula is C9H14O. The Labute approximate surface area is 62.4 Å². The van der Waals surface area contributed by atoms with Crippen molar-refractivity contribution in [2.24, 2.45) is 5.92 Å². The second-order valence-electron chi connectivity index (χ2n) is 2.60. The molecule has 0 spiro atoms. The fraction of sp³-hybridized carbons (Fsp3) is 0.556. The smallest absolute Gasteiger partial charge is 0.0867 e. The maximum absolute atomic E-state index is 4.92. The molecule has 0 fully saturated rings. The SMILES string of the molecule is CCCCC1C=COC=C1. The average Bonchev–Trinajstić information content (AvgIpc) is 2.03. The van der Waals surface area contributed by atoms with Crippen LogP contribution in [0.5, 0.6) is 0 Å². The van der Waals surface area contributed by atoms with Crippen LogP contribution in [0.4, 0.5) is 0 Å². The van der Waals surface area contributed by atoms with Gasteiger partial charge in [-0.25, -0.2) is 0 Å². The zero-order valence-corrected chi connectivity index (χ0v) is 6.42. The molecule has 0 saturated heterocycles. The van der Waals surface area contributed by atoms with Gasteiger partial charge >= 0.3 is 0 Å². The van der Waals surface area contributed by atoms with E-state index in [9.17, 15) is 0 Å². The van der Waals surface area contributed by atoms with E-state index in [0.717, 1.165) is 0 Å². The number of ether oxygens (including phenoxy) is 1. The summed E-state index contributed by atoms with van der Waals surface area (Å²) in [5.41, 5.74) is 0. The molecular weight excluding hydrogens is 124 g/mol. The van der Waals surface area contributed by atoms with Gasteiger partial charge in [0.25, 0.3) is 0 Å². The Morgan fingerprint density at radius 3 is 2.60 bits per heavy atom. The zero-order valence-electron chi connectivity index (χ0n) is 6.42. The molecule has 1 aliphatic rings. The molecule has 0 radical (unpaired) electrons. The molecule has 0 aromatic heterocycles. The Hall–Kier alpha value is -0.720. The highest BCUT2D eigenvalue weighted by atomic mass is 16.5. The molecule has 0 unspecified atom stereocenters. The number of rotatable bonds is 3. The first-order valence-electron chi connectivity index (χ1n) is 3.92. The molecule has 1 heteroatoms.